The van der Waals surface area contributed by atoms with Gasteiger partial charge in [-0.2, -0.15) is 0 Å². The summed E-state index contributed by atoms with van der Waals surface area (Å²) in [5.41, 5.74) is -0.899. The normalized spacial score (nSPS) is 24.0. The highest BCUT2D eigenvalue weighted by Crippen LogP contribution is 2.36. The summed E-state index contributed by atoms with van der Waals surface area (Å²) >= 11 is 0. The molecule has 0 aromatic heterocycles. The third kappa shape index (κ3) is 3.49. The van der Waals surface area contributed by atoms with Crippen molar-refractivity contribution < 1.29 is 27.3 Å². The zero-order valence-corrected chi connectivity index (χ0v) is 15.4. The lowest BCUT2D eigenvalue weighted by Gasteiger charge is -2.32. The molecule has 2 saturated heterocycles. The lowest BCUT2D eigenvalue weighted by Crippen LogP contribution is -2.43. The Balaban J connectivity index is 1.82. The van der Waals surface area contributed by atoms with E-state index in [9.17, 15) is 18.0 Å². The van der Waals surface area contributed by atoms with Gasteiger partial charge >= 0.3 is 7.12 Å². The molecular formula is C18H23BF3NO3. The molecule has 2 heterocycles. The van der Waals surface area contributed by atoms with Gasteiger partial charge in [0, 0.05) is 37.0 Å². The molecule has 0 atom stereocenters. The van der Waals surface area contributed by atoms with Crippen molar-refractivity contribution in [2.24, 2.45) is 0 Å². The third-order valence-electron chi connectivity index (χ3n) is 5.53. The van der Waals surface area contributed by atoms with Gasteiger partial charge in [0.15, 0.2) is 0 Å². The Morgan fingerprint density at radius 1 is 1.08 bits per heavy atom. The average Bonchev–Trinajstić information content (AvgIpc) is 2.75. The molecule has 4 nitrogen and oxygen atoms in total. The zero-order valence-electron chi connectivity index (χ0n) is 15.4. The van der Waals surface area contributed by atoms with Crippen LogP contribution in [0.25, 0.3) is 0 Å². The van der Waals surface area contributed by atoms with Crippen LogP contribution < -0.4 is 5.46 Å². The van der Waals surface area contributed by atoms with Gasteiger partial charge < -0.3 is 14.2 Å². The van der Waals surface area contributed by atoms with E-state index in [1.54, 1.807) is 0 Å². The first-order chi connectivity index (χ1) is 11.9. The van der Waals surface area contributed by atoms with E-state index < -0.39 is 36.0 Å². The van der Waals surface area contributed by atoms with Crippen LogP contribution >= 0.6 is 0 Å². The summed E-state index contributed by atoms with van der Waals surface area (Å²) < 4.78 is 52.6. The van der Waals surface area contributed by atoms with Crippen LogP contribution in [0.2, 0.25) is 0 Å². The first-order valence-corrected chi connectivity index (χ1v) is 8.74. The van der Waals surface area contributed by atoms with Crippen molar-refractivity contribution >= 4 is 18.5 Å². The molecule has 3 rings (SSSR count). The molecule has 0 bridgehead atoms. The van der Waals surface area contributed by atoms with Crippen LogP contribution in [0.5, 0.6) is 0 Å². The van der Waals surface area contributed by atoms with Crippen LogP contribution in [0.4, 0.5) is 13.2 Å². The van der Waals surface area contributed by atoms with Crippen molar-refractivity contribution in [3.8, 4) is 0 Å². The highest BCUT2D eigenvalue weighted by Gasteiger charge is 2.52. The number of carbonyl (C=O) groups excluding carboxylic acids is 1. The molecule has 8 heteroatoms. The Morgan fingerprint density at radius 2 is 1.62 bits per heavy atom. The quantitative estimate of drug-likeness (QED) is 0.753. The molecular weight excluding hydrogens is 346 g/mol. The Labute approximate surface area is 151 Å². The van der Waals surface area contributed by atoms with Gasteiger partial charge in [-0.15, -0.1) is 0 Å². The van der Waals surface area contributed by atoms with Gasteiger partial charge in [-0.3, -0.25) is 4.79 Å². The lowest BCUT2D eigenvalue weighted by molar-refractivity contribution is -0.0494. The van der Waals surface area contributed by atoms with Crippen LogP contribution in [-0.4, -0.2) is 48.1 Å². The van der Waals surface area contributed by atoms with Crippen molar-refractivity contribution in [2.75, 3.05) is 13.1 Å². The maximum atomic E-state index is 14.3. The summed E-state index contributed by atoms with van der Waals surface area (Å²) in [4.78, 5) is 14.0. The summed E-state index contributed by atoms with van der Waals surface area (Å²) in [7, 11) is -0.932. The van der Waals surface area contributed by atoms with Gasteiger partial charge in [0.05, 0.1) is 11.2 Å². The first kappa shape index (κ1) is 19.2. The van der Waals surface area contributed by atoms with Crippen molar-refractivity contribution in [3.05, 3.63) is 29.6 Å². The number of likely N-dealkylation sites (tertiary alicyclic amines) is 1. The van der Waals surface area contributed by atoms with Crippen molar-refractivity contribution in [1.29, 1.82) is 0 Å². The molecule has 0 aliphatic carbocycles. The Hall–Kier alpha value is -1.54. The van der Waals surface area contributed by atoms with E-state index in [4.69, 9.17) is 9.31 Å². The molecule has 1 aromatic rings. The highest BCUT2D eigenvalue weighted by atomic mass is 19.3. The Kier molecular flexibility index (Phi) is 4.64. The van der Waals surface area contributed by atoms with E-state index in [1.165, 1.54) is 23.1 Å². The predicted octanol–water partition coefficient (Wildman–Crippen LogP) is 3.00. The van der Waals surface area contributed by atoms with Crippen LogP contribution in [0.3, 0.4) is 0 Å². The second-order valence-electron chi connectivity index (χ2n) is 7.97. The maximum absolute atomic E-state index is 14.3. The van der Waals surface area contributed by atoms with Gasteiger partial charge in [-0.1, -0.05) is 0 Å². The van der Waals surface area contributed by atoms with Gasteiger partial charge in [0.2, 0.25) is 0 Å². The second kappa shape index (κ2) is 6.27. The molecule has 0 spiro atoms. The molecule has 1 aromatic carbocycles. The number of rotatable bonds is 2. The van der Waals surface area contributed by atoms with E-state index in [-0.39, 0.29) is 37.0 Å². The Bertz CT molecular complexity index is 698. The molecule has 0 radical (unpaired) electrons. The fraction of sp³-hybridized carbons (Fsp3) is 0.611. The lowest BCUT2D eigenvalue weighted by atomic mass is 9.78. The standard InChI is InChI=1S/C18H23BF3NO3/c1-16(2)17(3,4)26-19(25-16)13-11-12(5-6-14(13)20)15(24)23-9-7-18(21,22)8-10-23/h5-6,11H,7-10H2,1-4H3. The number of nitrogens with zero attached hydrogens (tertiary/aromatic N) is 1. The summed E-state index contributed by atoms with van der Waals surface area (Å²) in [5.74, 6) is -3.66. The number of benzene rings is 1. The fourth-order valence-corrected chi connectivity index (χ4v) is 3.05. The minimum Gasteiger partial charge on any atom is -0.399 e. The number of hydrogen-bond donors (Lipinski definition) is 0. The van der Waals surface area contributed by atoms with Crippen molar-refractivity contribution in [3.63, 3.8) is 0 Å². The van der Waals surface area contributed by atoms with Gasteiger partial charge in [-0.05, 0) is 45.9 Å². The van der Waals surface area contributed by atoms with E-state index >= 15 is 0 Å². The number of carbonyl (C=O) groups is 1. The zero-order chi connectivity index (χ0) is 19.3. The summed E-state index contributed by atoms with van der Waals surface area (Å²) in [6.45, 7) is 7.38. The van der Waals surface area contributed by atoms with Gasteiger partial charge in [0.1, 0.15) is 5.82 Å². The van der Waals surface area contributed by atoms with Crippen LogP contribution in [0, 0.1) is 5.82 Å². The minimum atomic E-state index is -2.73. The Morgan fingerprint density at radius 3 is 2.15 bits per heavy atom. The number of alkyl halides is 2. The molecule has 2 fully saturated rings. The fourth-order valence-electron chi connectivity index (χ4n) is 3.05. The summed E-state index contributed by atoms with van der Waals surface area (Å²) in [6.07, 6.45) is -0.714. The molecule has 0 saturated carbocycles. The van der Waals surface area contributed by atoms with Crippen molar-refractivity contribution in [1.82, 2.24) is 4.90 Å². The molecule has 2 aliphatic heterocycles. The number of halogens is 3. The van der Waals surface area contributed by atoms with Crippen LogP contribution in [0.15, 0.2) is 18.2 Å². The molecule has 26 heavy (non-hydrogen) atoms. The predicted molar refractivity (Wildman–Crippen MR) is 92.2 cm³/mol. The monoisotopic (exact) mass is 369 g/mol. The van der Waals surface area contributed by atoms with Gasteiger partial charge in [-0.25, -0.2) is 13.2 Å². The maximum Gasteiger partial charge on any atom is 0.497 e. The van der Waals surface area contributed by atoms with E-state index in [1.807, 2.05) is 27.7 Å². The van der Waals surface area contributed by atoms with E-state index in [0.717, 1.165) is 0 Å². The highest BCUT2D eigenvalue weighted by molar-refractivity contribution is 6.62. The molecule has 0 unspecified atom stereocenters. The number of amides is 1. The average molecular weight is 369 g/mol. The topological polar surface area (TPSA) is 38.8 Å². The van der Waals surface area contributed by atoms with Gasteiger partial charge in [0.25, 0.3) is 11.8 Å². The van der Waals surface area contributed by atoms with Crippen LogP contribution in [-0.2, 0) is 9.31 Å². The molecule has 0 N–H and O–H groups in total. The molecule has 2 aliphatic rings. The third-order valence-corrected chi connectivity index (χ3v) is 5.53. The number of hydrogen-bond acceptors (Lipinski definition) is 3. The molecule has 142 valence electrons. The summed E-state index contributed by atoms with van der Waals surface area (Å²) in [5, 5.41) is 0. The number of piperidine rings is 1. The smallest absolute Gasteiger partial charge is 0.399 e. The van der Waals surface area contributed by atoms with Crippen molar-refractivity contribution in [2.45, 2.75) is 57.7 Å². The summed E-state index contributed by atoms with van der Waals surface area (Å²) in [6, 6.07) is 3.94. The SMILES string of the molecule is CC1(C)OB(c2cc(C(=O)N3CCC(F)(F)CC3)ccc2F)OC1(C)C. The van der Waals surface area contributed by atoms with Crippen LogP contribution in [0.1, 0.15) is 50.9 Å². The minimum absolute atomic E-state index is 0.0188. The van der Waals surface area contributed by atoms with E-state index in [2.05, 4.69) is 0 Å². The second-order valence-corrected chi connectivity index (χ2v) is 7.97. The van der Waals surface area contributed by atoms with E-state index in [0.29, 0.717) is 0 Å². The largest absolute Gasteiger partial charge is 0.497 e. The first-order valence-electron chi connectivity index (χ1n) is 8.74. The molecule has 1 amide bonds.